The molecule has 184 valence electrons. The Morgan fingerprint density at radius 2 is 2.03 bits per heavy atom. The molecule has 0 radical (unpaired) electrons. The van der Waals surface area contributed by atoms with Gasteiger partial charge in [-0.25, -0.2) is 24.1 Å². The first-order valence-electron chi connectivity index (χ1n) is 10.7. The first-order valence-corrected chi connectivity index (χ1v) is 11.4. The molecule has 1 fully saturated rings. The van der Waals surface area contributed by atoms with Crippen LogP contribution < -0.4 is 15.1 Å². The molecular formula is C22H18FN7O5S. The summed E-state index contributed by atoms with van der Waals surface area (Å²) in [6.45, 7) is 2.21. The van der Waals surface area contributed by atoms with E-state index in [0.717, 1.165) is 23.8 Å². The number of carboxylic acids is 1. The van der Waals surface area contributed by atoms with Crippen LogP contribution in [0.3, 0.4) is 0 Å². The molecule has 1 N–H and O–H groups in total. The first kappa shape index (κ1) is 23.4. The van der Waals surface area contributed by atoms with E-state index in [9.17, 15) is 19.5 Å². The molecule has 1 aliphatic heterocycles. The fourth-order valence-corrected chi connectivity index (χ4v) is 4.46. The van der Waals surface area contributed by atoms with Crippen LogP contribution in [0.5, 0.6) is 5.88 Å². The van der Waals surface area contributed by atoms with Crippen molar-refractivity contribution in [3.05, 3.63) is 57.8 Å². The van der Waals surface area contributed by atoms with Gasteiger partial charge in [0.1, 0.15) is 23.5 Å². The summed E-state index contributed by atoms with van der Waals surface area (Å²) in [6, 6.07) is 2.62. The monoisotopic (exact) mass is 511 g/mol. The highest BCUT2D eigenvalue weighted by molar-refractivity contribution is 7.08. The maximum absolute atomic E-state index is 15.0. The molecule has 4 aromatic rings. The summed E-state index contributed by atoms with van der Waals surface area (Å²) in [6.07, 6.45) is 2.38. The Bertz CT molecular complexity index is 1570. The standard InChI is InChI=1S/C22H18FN7O5S/c1-10-3-17(35-2)27-16(26-10)5-15(31)11-6-29(7-11)20-14(23)4-12-18(32)13(21(33)34)8-30(19(12)28-20)22-24-9-25-36-22/h3-4,8-9,11H,5-7H2,1-2H3,(H,33,34). The minimum absolute atomic E-state index is 0.0126. The molecule has 4 aromatic heterocycles. The van der Waals surface area contributed by atoms with Gasteiger partial charge in [0.05, 0.1) is 24.8 Å². The Balaban J connectivity index is 1.43. The van der Waals surface area contributed by atoms with Crippen LogP contribution in [-0.4, -0.2) is 65.9 Å². The second kappa shape index (κ2) is 9.03. The number of Topliss-reactive ketones (excluding diaryl/α,β-unsaturated/α-hetero) is 1. The number of carboxylic acid groups (broad SMARTS) is 1. The minimum atomic E-state index is -1.45. The van der Waals surface area contributed by atoms with E-state index in [0.29, 0.717) is 17.4 Å². The largest absolute Gasteiger partial charge is 0.481 e. The van der Waals surface area contributed by atoms with Crippen LogP contribution in [0.1, 0.15) is 21.9 Å². The topological polar surface area (TPSA) is 153 Å². The predicted molar refractivity (Wildman–Crippen MR) is 125 cm³/mol. The van der Waals surface area contributed by atoms with Gasteiger partial charge < -0.3 is 14.7 Å². The van der Waals surface area contributed by atoms with E-state index in [2.05, 4.69) is 24.3 Å². The summed E-state index contributed by atoms with van der Waals surface area (Å²) in [4.78, 5) is 55.4. The van der Waals surface area contributed by atoms with Gasteiger partial charge in [-0.2, -0.15) is 9.36 Å². The zero-order chi connectivity index (χ0) is 25.6. The molecule has 0 atom stereocenters. The van der Waals surface area contributed by atoms with E-state index < -0.39 is 22.8 Å². The quantitative estimate of drug-likeness (QED) is 0.383. The molecule has 0 amide bonds. The third kappa shape index (κ3) is 4.15. The number of nitrogens with zero attached hydrogens (tertiary/aromatic N) is 7. The summed E-state index contributed by atoms with van der Waals surface area (Å²) in [5, 5.41) is 9.48. The van der Waals surface area contributed by atoms with Crippen molar-refractivity contribution in [1.82, 2.24) is 28.9 Å². The lowest BCUT2D eigenvalue weighted by Gasteiger charge is -2.39. The van der Waals surface area contributed by atoms with Crippen molar-refractivity contribution in [2.24, 2.45) is 5.92 Å². The number of methoxy groups -OCH3 is 1. The van der Waals surface area contributed by atoms with Crippen molar-refractivity contribution in [3.63, 3.8) is 0 Å². The zero-order valence-corrected chi connectivity index (χ0v) is 19.8. The van der Waals surface area contributed by atoms with E-state index in [4.69, 9.17) is 4.74 Å². The summed E-state index contributed by atoms with van der Waals surface area (Å²) in [5.74, 6) is -2.07. The molecule has 0 aliphatic carbocycles. The number of carbonyl (C=O) groups excluding carboxylic acids is 1. The number of ketones is 1. The highest BCUT2D eigenvalue weighted by atomic mass is 32.1. The number of rotatable bonds is 7. The Morgan fingerprint density at radius 3 is 2.69 bits per heavy atom. The van der Waals surface area contributed by atoms with Crippen LogP contribution in [0, 0.1) is 18.7 Å². The van der Waals surface area contributed by atoms with Gasteiger partial charge in [0.2, 0.25) is 16.4 Å². The Hall–Kier alpha value is -4.33. The lowest BCUT2D eigenvalue weighted by molar-refractivity contribution is -0.123. The number of pyridine rings is 2. The fourth-order valence-electron chi connectivity index (χ4n) is 3.95. The number of anilines is 1. The van der Waals surface area contributed by atoms with Gasteiger partial charge in [-0.15, -0.1) is 0 Å². The smallest absolute Gasteiger partial charge is 0.341 e. The SMILES string of the molecule is COc1cc(C)nc(CC(=O)C2CN(c3nc4c(cc3F)c(=O)c(C(=O)O)cn4-c3ncns3)C2)n1. The first-order chi connectivity index (χ1) is 17.2. The molecule has 5 heterocycles. The van der Waals surface area contributed by atoms with Crippen LogP contribution in [0.25, 0.3) is 16.2 Å². The van der Waals surface area contributed by atoms with E-state index >= 15 is 4.39 Å². The lowest BCUT2D eigenvalue weighted by Crippen LogP contribution is -2.51. The van der Waals surface area contributed by atoms with Crippen LogP contribution in [0.4, 0.5) is 10.2 Å². The van der Waals surface area contributed by atoms with Gasteiger partial charge in [-0.1, -0.05) is 0 Å². The molecule has 1 aliphatic rings. The number of ether oxygens (including phenoxy) is 1. The molecule has 0 bridgehead atoms. The molecule has 0 saturated carbocycles. The molecule has 12 nitrogen and oxygen atoms in total. The molecule has 1 saturated heterocycles. The number of aromatic carboxylic acids is 1. The second-order valence-corrected chi connectivity index (χ2v) is 8.91. The number of halogens is 1. The van der Waals surface area contributed by atoms with Gasteiger partial charge in [0.25, 0.3) is 0 Å². The minimum Gasteiger partial charge on any atom is -0.481 e. The molecule has 36 heavy (non-hydrogen) atoms. The van der Waals surface area contributed by atoms with E-state index in [1.165, 1.54) is 18.0 Å². The third-order valence-electron chi connectivity index (χ3n) is 5.75. The van der Waals surface area contributed by atoms with Crippen molar-refractivity contribution in [3.8, 4) is 11.0 Å². The van der Waals surface area contributed by atoms with Gasteiger partial charge >= 0.3 is 5.97 Å². The van der Waals surface area contributed by atoms with Crippen molar-refractivity contribution in [2.75, 3.05) is 25.1 Å². The zero-order valence-electron chi connectivity index (χ0n) is 19.0. The highest BCUT2D eigenvalue weighted by Crippen LogP contribution is 2.29. The summed E-state index contributed by atoms with van der Waals surface area (Å²) in [7, 11) is 1.48. The fraction of sp³-hybridized carbons (Fsp3) is 0.273. The third-order valence-corrected chi connectivity index (χ3v) is 6.42. The van der Waals surface area contributed by atoms with Crippen LogP contribution >= 0.6 is 11.5 Å². The normalized spacial score (nSPS) is 13.6. The van der Waals surface area contributed by atoms with Crippen LogP contribution in [-0.2, 0) is 11.2 Å². The van der Waals surface area contributed by atoms with Gasteiger partial charge in [0.15, 0.2) is 17.3 Å². The maximum Gasteiger partial charge on any atom is 0.341 e. The van der Waals surface area contributed by atoms with Crippen molar-refractivity contribution in [2.45, 2.75) is 13.3 Å². The summed E-state index contributed by atoms with van der Waals surface area (Å²) >= 11 is 0.958. The number of carbonyl (C=O) groups is 2. The average molecular weight is 511 g/mol. The van der Waals surface area contributed by atoms with Gasteiger partial charge in [-0.05, 0) is 13.0 Å². The molecule has 0 aromatic carbocycles. The molecule has 0 unspecified atom stereocenters. The average Bonchev–Trinajstić information content (AvgIpc) is 3.33. The van der Waals surface area contributed by atoms with Crippen molar-refractivity contribution < 1.29 is 23.8 Å². The second-order valence-electron chi connectivity index (χ2n) is 8.15. The molecule has 14 heteroatoms. The van der Waals surface area contributed by atoms with Crippen molar-refractivity contribution >= 4 is 40.1 Å². The number of aromatic nitrogens is 6. The molecule has 5 rings (SSSR count). The number of hydrogen-bond donors (Lipinski definition) is 1. The highest BCUT2D eigenvalue weighted by Gasteiger charge is 2.35. The van der Waals surface area contributed by atoms with E-state index in [1.807, 2.05) is 0 Å². The lowest BCUT2D eigenvalue weighted by atomic mass is 9.93. The Labute approximate surface area is 206 Å². The number of fused-ring (bicyclic) bond motifs is 1. The van der Waals surface area contributed by atoms with Gasteiger partial charge in [-0.3, -0.25) is 14.2 Å². The summed E-state index contributed by atoms with van der Waals surface area (Å²) in [5.41, 5.74) is -0.694. The van der Waals surface area contributed by atoms with E-state index in [-0.39, 0.29) is 53.2 Å². The summed E-state index contributed by atoms with van der Waals surface area (Å²) < 4.78 is 25.4. The number of aryl methyl sites for hydroxylation is 1. The number of hydrogen-bond acceptors (Lipinski definition) is 11. The molecule has 0 spiro atoms. The van der Waals surface area contributed by atoms with Crippen LogP contribution in [0.15, 0.2) is 29.5 Å². The Kier molecular flexibility index (Phi) is 5.88. The Morgan fingerprint density at radius 1 is 1.25 bits per heavy atom. The van der Waals surface area contributed by atoms with Crippen LogP contribution in [0.2, 0.25) is 0 Å². The maximum atomic E-state index is 15.0. The molecular weight excluding hydrogens is 493 g/mol. The van der Waals surface area contributed by atoms with E-state index in [1.54, 1.807) is 17.9 Å². The van der Waals surface area contributed by atoms with Crippen molar-refractivity contribution in [1.29, 1.82) is 0 Å². The van der Waals surface area contributed by atoms with Gasteiger partial charge in [0, 0.05) is 42.6 Å². The predicted octanol–water partition coefficient (Wildman–Crippen LogP) is 1.43.